The maximum absolute atomic E-state index is 13.4. The Morgan fingerprint density at radius 3 is 2.68 bits per heavy atom. The molecule has 34 heavy (non-hydrogen) atoms. The predicted octanol–water partition coefficient (Wildman–Crippen LogP) is 7.29. The van der Waals surface area contributed by atoms with E-state index in [0.29, 0.717) is 23.0 Å². The first-order chi connectivity index (χ1) is 16.2. The molecule has 2 heterocycles. The van der Waals surface area contributed by atoms with Gasteiger partial charge in [0, 0.05) is 11.6 Å². The van der Waals surface area contributed by atoms with E-state index in [2.05, 4.69) is 13.8 Å². The molecule has 5 nitrogen and oxygen atoms in total. The van der Waals surface area contributed by atoms with Crippen LogP contribution in [-0.2, 0) is 4.79 Å². The van der Waals surface area contributed by atoms with Crippen molar-refractivity contribution in [1.29, 1.82) is 0 Å². The van der Waals surface area contributed by atoms with Crippen molar-refractivity contribution in [1.82, 2.24) is 4.90 Å². The topological polar surface area (TPSA) is 59.8 Å². The van der Waals surface area contributed by atoms with Gasteiger partial charge in [0.05, 0.1) is 16.5 Å². The highest BCUT2D eigenvalue weighted by Crippen LogP contribution is 2.34. The number of imide groups is 1. The Bertz CT molecular complexity index is 1280. The van der Waals surface area contributed by atoms with E-state index in [1.807, 2.05) is 25.1 Å². The van der Waals surface area contributed by atoms with Crippen LogP contribution in [0.2, 0.25) is 5.02 Å². The third-order valence-electron chi connectivity index (χ3n) is 5.34. The van der Waals surface area contributed by atoms with E-state index in [9.17, 15) is 14.0 Å². The summed E-state index contributed by atoms with van der Waals surface area (Å²) < 4.78 is 25.1. The molecule has 1 aliphatic heterocycles. The molecular formula is C26H23ClFNO4S. The lowest BCUT2D eigenvalue weighted by atomic mass is 10.0. The lowest BCUT2D eigenvalue weighted by Gasteiger charge is -2.17. The standard InChI is InChI=1S/C26H23ClFNO4S/c1-15(2)19-7-4-16(3)12-23(19)32-11-10-29-25(30)24(34-26(29)31)14-18-6-9-22(33-18)17-5-8-21(28)20(27)13-17/h4-9,12-15H,10-11H2,1-3H3/b24-14-. The number of aryl methyl sites for hydroxylation is 1. The molecule has 4 rings (SSSR count). The predicted molar refractivity (Wildman–Crippen MR) is 133 cm³/mol. The SMILES string of the molecule is Cc1ccc(C(C)C)c(OCCN2C(=O)S/C(=C\c3ccc(-c4ccc(F)c(Cl)c4)o3)C2=O)c1. The van der Waals surface area contributed by atoms with Gasteiger partial charge in [0.15, 0.2) is 0 Å². The van der Waals surface area contributed by atoms with E-state index in [1.165, 1.54) is 23.1 Å². The van der Waals surface area contributed by atoms with Crippen molar-refractivity contribution in [2.24, 2.45) is 0 Å². The van der Waals surface area contributed by atoms with Crippen LogP contribution in [0.25, 0.3) is 17.4 Å². The van der Waals surface area contributed by atoms with Crippen LogP contribution in [0.3, 0.4) is 0 Å². The van der Waals surface area contributed by atoms with Crippen LogP contribution < -0.4 is 4.74 Å². The average Bonchev–Trinajstić information content (AvgIpc) is 3.35. The minimum atomic E-state index is -0.516. The van der Waals surface area contributed by atoms with Crippen molar-refractivity contribution >= 4 is 40.6 Å². The first-order valence-corrected chi connectivity index (χ1v) is 12.0. The fraction of sp³-hybridized carbons (Fsp3) is 0.231. The number of hydrogen-bond donors (Lipinski definition) is 0. The number of rotatable bonds is 7. The second-order valence-corrected chi connectivity index (χ2v) is 9.61. The molecule has 3 aromatic rings. The second kappa shape index (κ2) is 10.1. The summed E-state index contributed by atoms with van der Waals surface area (Å²) in [6.45, 7) is 6.51. The Kier molecular flexibility index (Phi) is 7.14. The van der Waals surface area contributed by atoms with Gasteiger partial charge in [0.25, 0.3) is 11.1 Å². The van der Waals surface area contributed by atoms with E-state index in [0.717, 1.165) is 28.6 Å². The van der Waals surface area contributed by atoms with Crippen molar-refractivity contribution in [3.8, 4) is 17.1 Å². The molecule has 0 spiro atoms. The van der Waals surface area contributed by atoms with Gasteiger partial charge in [-0.05, 0) is 72.1 Å². The van der Waals surface area contributed by atoms with Crippen molar-refractivity contribution in [3.63, 3.8) is 0 Å². The Labute approximate surface area is 206 Å². The zero-order chi connectivity index (χ0) is 24.4. The third kappa shape index (κ3) is 5.21. The zero-order valence-electron chi connectivity index (χ0n) is 18.9. The maximum Gasteiger partial charge on any atom is 0.293 e. The number of benzene rings is 2. The van der Waals surface area contributed by atoms with E-state index in [4.69, 9.17) is 20.8 Å². The molecule has 1 fully saturated rings. The Morgan fingerprint density at radius 1 is 1.15 bits per heavy atom. The average molecular weight is 500 g/mol. The monoisotopic (exact) mass is 499 g/mol. The lowest BCUT2D eigenvalue weighted by Crippen LogP contribution is -2.32. The van der Waals surface area contributed by atoms with Gasteiger partial charge in [-0.15, -0.1) is 0 Å². The minimum Gasteiger partial charge on any atom is -0.491 e. The summed E-state index contributed by atoms with van der Waals surface area (Å²) in [7, 11) is 0. The quantitative estimate of drug-likeness (QED) is 0.319. The lowest BCUT2D eigenvalue weighted by molar-refractivity contribution is -0.123. The van der Waals surface area contributed by atoms with Crippen LogP contribution in [0, 0.1) is 12.7 Å². The first-order valence-electron chi connectivity index (χ1n) is 10.8. The summed E-state index contributed by atoms with van der Waals surface area (Å²) in [5.41, 5.74) is 2.76. The number of thioether (sulfide) groups is 1. The maximum atomic E-state index is 13.4. The minimum absolute atomic E-state index is 0.00929. The fourth-order valence-corrected chi connectivity index (χ4v) is 4.57. The number of amides is 2. The molecule has 1 aliphatic rings. The van der Waals surface area contributed by atoms with Crippen LogP contribution in [0.15, 0.2) is 57.9 Å². The van der Waals surface area contributed by atoms with Gasteiger partial charge in [-0.2, -0.15) is 0 Å². The summed E-state index contributed by atoms with van der Waals surface area (Å²) in [5, 5.41) is -0.366. The number of carbonyl (C=O) groups excluding carboxylic acids is 2. The molecule has 0 saturated carbocycles. The van der Waals surface area contributed by atoms with Gasteiger partial charge in [0.1, 0.15) is 29.7 Å². The van der Waals surface area contributed by atoms with Crippen LogP contribution in [0.5, 0.6) is 5.75 Å². The van der Waals surface area contributed by atoms with Crippen LogP contribution in [-0.4, -0.2) is 29.2 Å². The number of ether oxygens (including phenoxy) is 1. The normalized spacial score (nSPS) is 15.1. The summed E-state index contributed by atoms with van der Waals surface area (Å²) in [6, 6.07) is 13.7. The molecule has 0 bridgehead atoms. The van der Waals surface area contributed by atoms with Gasteiger partial charge in [-0.1, -0.05) is 37.6 Å². The molecule has 0 unspecified atom stereocenters. The van der Waals surface area contributed by atoms with E-state index in [-0.39, 0.29) is 28.3 Å². The van der Waals surface area contributed by atoms with Crippen molar-refractivity contribution in [2.75, 3.05) is 13.2 Å². The molecule has 0 aliphatic carbocycles. The number of hydrogen-bond acceptors (Lipinski definition) is 5. The molecule has 2 aromatic carbocycles. The zero-order valence-corrected chi connectivity index (χ0v) is 20.5. The Morgan fingerprint density at radius 2 is 1.94 bits per heavy atom. The van der Waals surface area contributed by atoms with E-state index >= 15 is 0 Å². The highest BCUT2D eigenvalue weighted by atomic mass is 35.5. The van der Waals surface area contributed by atoms with Crippen LogP contribution in [0.1, 0.15) is 36.7 Å². The van der Waals surface area contributed by atoms with Crippen molar-refractivity contribution in [2.45, 2.75) is 26.7 Å². The fourth-order valence-electron chi connectivity index (χ4n) is 3.55. The molecule has 0 radical (unpaired) electrons. The molecule has 0 atom stereocenters. The highest BCUT2D eigenvalue weighted by Gasteiger charge is 2.35. The summed E-state index contributed by atoms with van der Waals surface area (Å²) in [5.74, 6) is 1.02. The van der Waals surface area contributed by atoms with E-state index in [1.54, 1.807) is 18.2 Å². The van der Waals surface area contributed by atoms with E-state index < -0.39 is 11.7 Å². The van der Waals surface area contributed by atoms with Gasteiger partial charge in [0.2, 0.25) is 0 Å². The van der Waals surface area contributed by atoms with Crippen LogP contribution >= 0.6 is 23.4 Å². The highest BCUT2D eigenvalue weighted by molar-refractivity contribution is 8.18. The molecule has 2 amide bonds. The summed E-state index contributed by atoms with van der Waals surface area (Å²) in [6.07, 6.45) is 1.53. The smallest absolute Gasteiger partial charge is 0.293 e. The number of halogens is 2. The molecule has 8 heteroatoms. The number of carbonyl (C=O) groups is 2. The molecule has 1 saturated heterocycles. The molecule has 0 N–H and O–H groups in total. The first kappa shape index (κ1) is 24.1. The molecule has 176 valence electrons. The summed E-state index contributed by atoms with van der Waals surface area (Å²) >= 11 is 6.70. The molecule has 1 aromatic heterocycles. The van der Waals surface area contributed by atoms with Crippen molar-refractivity contribution < 1.29 is 23.1 Å². The number of nitrogens with zero attached hydrogens (tertiary/aromatic N) is 1. The molecular weight excluding hydrogens is 477 g/mol. The Hall–Kier alpha value is -3.03. The van der Waals surface area contributed by atoms with Gasteiger partial charge < -0.3 is 9.15 Å². The largest absolute Gasteiger partial charge is 0.491 e. The third-order valence-corrected chi connectivity index (χ3v) is 6.54. The Balaban J connectivity index is 1.43. The second-order valence-electron chi connectivity index (χ2n) is 8.21. The van der Waals surface area contributed by atoms with Crippen molar-refractivity contribution in [3.05, 3.63) is 81.2 Å². The summed E-state index contributed by atoms with van der Waals surface area (Å²) in [4.78, 5) is 26.7. The van der Waals surface area contributed by atoms with Gasteiger partial charge in [-0.25, -0.2) is 4.39 Å². The number of furan rings is 1. The van der Waals surface area contributed by atoms with Gasteiger partial charge in [-0.3, -0.25) is 14.5 Å². The van der Waals surface area contributed by atoms with Crippen LogP contribution in [0.4, 0.5) is 9.18 Å². The van der Waals surface area contributed by atoms with Gasteiger partial charge >= 0.3 is 0 Å².